The molecule has 1 heterocycles. The molecule has 164 valence electrons. The summed E-state index contributed by atoms with van der Waals surface area (Å²) in [4.78, 5) is 0.0458. The van der Waals surface area contributed by atoms with Crippen LogP contribution in [0, 0.1) is 0 Å². The third-order valence-electron chi connectivity index (χ3n) is 4.24. The number of halogens is 4. The van der Waals surface area contributed by atoms with Crippen molar-refractivity contribution in [1.82, 2.24) is 4.72 Å². The Bertz CT molecular complexity index is 1180. The van der Waals surface area contributed by atoms with Crippen molar-refractivity contribution in [3.8, 4) is 0 Å². The molecule has 0 spiro atoms. The fraction of sp³-hybridized carbons (Fsp3) is 0.150. The Morgan fingerprint density at radius 2 is 1.84 bits per heavy atom. The number of anilines is 1. The molecule has 0 amide bonds. The number of alkyl halides is 3. The molecule has 0 aliphatic heterocycles. The highest BCUT2D eigenvalue weighted by Gasteiger charge is 2.31. The number of benzene rings is 2. The summed E-state index contributed by atoms with van der Waals surface area (Å²) in [6.45, 7) is 1.63. The van der Waals surface area contributed by atoms with Crippen molar-refractivity contribution in [1.29, 1.82) is 0 Å². The Balaban J connectivity index is 1.71. The summed E-state index contributed by atoms with van der Waals surface area (Å²) in [6, 6.07) is 12.0. The number of nitrogens with zero attached hydrogens (tertiary/aromatic N) is 1. The van der Waals surface area contributed by atoms with Crippen molar-refractivity contribution in [3.63, 3.8) is 0 Å². The van der Waals surface area contributed by atoms with Crippen molar-refractivity contribution in [2.24, 2.45) is 5.10 Å². The third kappa shape index (κ3) is 5.87. The number of sulfonamides is 1. The number of hydrogen-bond donors (Lipinski definition) is 2. The average molecular weight is 472 g/mol. The summed E-state index contributed by atoms with van der Waals surface area (Å²) in [5.41, 5.74) is 2.65. The maximum absolute atomic E-state index is 12.9. The van der Waals surface area contributed by atoms with Crippen molar-refractivity contribution in [2.45, 2.75) is 24.5 Å². The van der Waals surface area contributed by atoms with Gasteiger partial charge in [0.1, 0.15) is 5.76 Å². The smallest absolute Gasteiger partial charge is 0.416 e. The van der Waals surface area contributed by atoms with Gasteiger partial charge in [0.15, 0.2) is 0 Å². The van der Waals surface area contributed by atoms with E-state index in [9.17, 15) is 21.6 Å². The van der Waals surface area contributed by atoms with Crippen LogP contribution in [0.1, 0.15) is 23.8 Å². The van der Waals surface area contributed by atoms with Gasteiger partial charge in [0, 0.05) is 0 Å². The number of hydrazone groups is 1. The third-order valence-corrected chi connectivity index (χ3v) is 5.98. The van der Waals surface area contributed by atoms with Crippen molar-refractivity contribution < 1.29 is 26.0 Å². The molecule has 3 rings (SSSR count). The zero-order chi connectivity index (χ0) is 22.6. The van der Waals surface area contributed by atoms with E-state index in [0.29, 0.717) is 17.0 Å². The predicted molar refractivity (Wildman–Crippen MR) is 111 cm³/mol. The molecule has 0 aliphatic carbocycles. The van der Waals surface area contributed by atoms with Gasteiger partial charge in [0.05, 0.1) is 39.7 Å². The molecule has 1 aromatic heterocycles. The second-order valence-electron chi connectivity index (χ2n) is 6.43. The first-order chi connectivity index (χ1) is 14.6. The fourth-order valence-corrected chi connectivity index (χ4v) is 3.69. The van der Waals surface area contributed by atoms with E-state index >= 15 is 0 Å². The van der Waals surface area contributed by atoms with Crippen LogP contribution >= 0.6 is 11.6 Å². The van der Waals surface area contributed by atoms with Gasteiger partial charge in [-0.25, -0.2) is 13.1 Å². The van der Waals surface area contributed by atoms with E-state index in [2.05, 4.69) is 15.2 Å². The quantitative estimate of drug-likeness (QED) is 0.363. The molecule has 0 saturated carbocycles. The van der Waals surface area contributed by atoms with E-state index in [1.165, 1.54) is 30.5 Å². The standard InChI is InChI=1S/C20H17ClF3N3O3S/c1-13(26-27-19-11-15(20(22,23)24)6-9-18(19)21)14-4-7-17(8-5-14)31(28,29)25-12-16-3-2-10-30-16/h2-11,25,27H,12H2,1H3/b26-13-. The largest absolute Gasteiger partial charge is 0.468 e. The highest BCUT2D eigenvalue weighted by molar-refractivity contribution is 7.89. The molecule has 0 atom stereocenters. The van der Waals surface area contributed by atoms with Gasteiger partial charge in [-0.15, -0.1) is 0 Å². The van der Waals surface area contributed by atoms with E-state index in [-0.39, 0.29) is 22.2 Å². The van der Waals surface area contributed by atoms with Gasteiger partial charge >= 0.3 is 6.18 Å². The number of rotatable bonds is 7. The summed E-state index contributed by atoms with van der Waals surface area (Å²) < 4.78 is 70.9. The minimum atomic E-state index is -4.51. The molecule has 0 fully saturated rings. The topological polar surface area (TPSA) is 83.7 Å². The summed E-state index contributed by atoms with van der Waals surface area (Å²) in [5.74, 6) is 0.475. The lowest BCUT2D eigenvalue weighted by molar-refractivity contribution is -0.137. The van der Waals surface area contributed by atoms with Crippen molar-refractivity contribution in [3.05, 3.63) is 82.8 Å². The summed E-state index contributed by atoms with van der Waals surface area (Å²) >= 11 is 5.93. The lowest BCUT2D eigenvalue weighted by Gasteiger charge is -2.11. The molecule has 0 bridgehead atoms. The first kappa shape index (κ1) is 22.9. The monoisotopic (exact) mass is 471 g/mol. The highest BCUT2D eigenvalue weighted by Crippen LogP contribution is 2.33. The first-order valence-corrected chi connectivity index (χ1v) is 10.7. The zero-order valence-electron chi connectivity index (χ0n) is 16.1. The van der Waals surface area contributed by atoms with Gasteiger partial charge in [-0.2, -0.15) is 18.3 Å². The molecule has 31 heavy (non-hydrogen) atoms. The average Bonchev–Trinajstić information content (AvgIpc) is 3.24. The van der Waals surface area contributed by atoms with Gasteiger partial charge in [-0.3, -0.25) is 5.43 Å². The van der Waals surface area contributed by atoms with Crippen LogP contribution in [0.25, 0.3) is 0 Å². The molecule has 2 N–H and O–H groups in total. The molecule has 0 saturated heterocycles. The summed E-state index contributed by atoms with van der Waals surface area (Å²) in [5, 5.41) is 4.13. The van der Waals surface area contributed by atoms with Crippen LogP contribution in [0.3, 0.4) is 0 Å². The van der Waals surface area contributed by atoms with E-state index < -0.39 is 21.8 Å². The predicted octanol–water partition coefficient (Wildman–Crippen LogP) is 5.27. The second-order valence-corrected chi connectivity index (χ2v) is 8.60. The maximum atomic E-state index is 12.9. The molecular weight excluding hydrogens is 455 g/mol. The second kappa shape index (κ2) is 9.13. The van der Waals surface area contributed by atoms with Crippen molar-refractivity contribution >= 4 is 33.0 Å². The van der Waals surface area contributed by atoms with E-state index in [1.807, 2.05) is 0 Å². The van der Waals surface area contributed by atoms with Crippen LogP contribution < -0.4 is 10.1 Å². The van der Waals surface area contributed by atoms with Gasteiger partial charge in [0.25, 0.3) is 0 Å². The van der Waals surface area contributed by atoms with Gasteiger partial charge in [0.2, 0.25) is 10.0 Å². The molecule has 0 radical (unpaired) electrons. The maximum Gasteiger partial charge on any atom is 0.416 e. The Labute approximate surface area is 181 Å². The molecule has 0 unspecified atom stereocenters. The van der Waals surface area contributed by atoms with Gasteiger partial charge in [-0.05, 0) is 55.0 Å². The molecule has 2 aromatic carbocycles. The normalized spacial score (nSPS) is 12.7. The molecule has 6 nitrogen and oxygen atoms in total. The van der Waals surface area contributed by atoms with E-state index in [4.69, 9.17) is 16.0 Å². The zero-order valence-corrected chi connectivity index (χ0v) is 17.6. The number of hydrogen-bond acceptors (Lipinski definition) is 5. The van der Waals surface area contributed by atoms with E-state index in [1.54, 1.807) is 19.1 Å². The van der Waals surface area contributed by atoms with Crippen LogP contribution in [0.5, 0.6) is 0 Å². The van der Waals surface area contributed by atoms with Crippen molar-refractivity contribution in [2.75, 3.05) is 5.43 Å². The molecular formula is C20H17ClF3N3O3S. The number of furan rings is 1. The Morgan fingerprint density at radius 3 is 2.45 bits per heavy atom. The Kier molecular flexibility index (Phi) is 6.73. The first-order valence-electron chi connectivity index (χ1n) is 8.86. The van der Waals surface area contributed by atoms with Gasteiger partial charge < -0.3 is 4.42 Å². The Morgan fingerprint density at radius 1 is 1.13 bits per heavy atom. The lowest BCUT2D eigenvalue weighted by atomic mass is 10.1. The fourth-order valence-electron chi connectivity index (χ4n) is 2.53. The summed E-state index contributed by atoms with van der Waals surface area (Å²) in [6.07, 6.45) is -3.06. The minimum Gasteiger partial charge on any atom is -0.468 e. The van der Waals surface area contributed by atoms with Crippen LogP contribution in [-0.2, 0) is 22.7 Å². The SMILES string of the molecule is C/C(=N/Nc1cc(C(F)(F)F)ccc1Cl)c1ccc(S(=O)(=O)NCc2ccco2)cc1. The summed E-state index contributed by atoms with van der Waals surface area (Å²) in [7, 11) is -3.75. The van der Waals surface area contributed by atoms with Crippen LogP contribution in [0.15, 0.2) is 75.3 Å². The minimum absolute atomic E-state index is 0.00262. The molecule has 11 heteroatoms. The Hall–Kier alpha value is -2.82. The molecule has 0 aliphatic rings. The van der Waals surface area contributed by atoms with Gasteiger partial charge in [-0.1, -0.05) is 23.7 Å². The highest BCUT2D eigenvalue weighted by atomic mass is 35.5. The van der Waals surface area contributed by atoms with Crippen LogP contribution in [0.2, 0.25) is 5.02 Å². The van der Waals surface area contributed by atoms with Crippen LogP contribution in [0.4, 0.5) is 18.9 Å². The van der Waals surface area contributed by atoms with E-state index in [0.717, 1.165) is 18.2 Å². The lowest BCUT2D eigenvalue weighted by Crippen LogP contribution is -2.23. The number of nitrogens with one attached hydrogen (secondary N) is 2. The molecule has 3 aromatic rings. The van der Waals surface area contributed by atoms with Crippen LogP contribution in [-0.4, -0.2) is 14.1 Å².